The molecule has 2 fully saturated rings. The van der Waals surface area contributed by atoms with E-state index in [1.807, 2.05) is 11.8 Å². The van der Waals surface area contributed by atoms with Crippen LogP contribution in [0.2, 0.25) is 0 Å². The van der Waals surface area contributed by atoms with Crippen molar-refractivity contribution in [3.63, 3.8) is 0 Å². The summed E-state index contributed by atoms with van der Waals surface area (Å²) in [5.41, 5.74) is 0. The summed E-state index contributed by atoms with van der Waals surface area (Å²) in [7, 11) is 0. The van der Waals surface area contributed by atoms with Crippen LogP contribution in [-0.2, 0) is 4.79 Å². The van der Waals surface area contributed by atoms with Gasteiger partial charge in [-0.05, 0) is 18.8 Å². The van der Waals surface area contributed by atoms with Gasteiger partial charge in [0.25, 0.3) is 0 Å². The Bertz CT molecular complexity index is 200. The summed E-state index contributed by atoms with van der Waals surface area (Å²) >= 11 is 1.98. The summed E-state index contributed by atoms with van der Waals surface area (Å²) in [6, 6.07) is 0. The predicted octanol–water partition coefficient (Wildman–Crippen LogP) is 0.561. The molecule has 0 unspecified atom stereocenters. The minimum atomic E-state index is 0.212. The maximum Gasteiger partial charge on any atom is 0.234 e. The fourth-order valence-electron chi connectivity index (χ4n) is 1.60. The van der Waals surface area contributed by atoms with Crippen molar-refractivity contribution in [1.82, 2.24) is 10.2 Å². The Hall–Kier alpha value is -0.220. The maximum absolute atomic E-state index is 11.5. The number of nitrogens with zero attached hydrogens (tertiary/aromatic N) is 1. The average Bonchev–Trinajstić information content (AvgIpc) is 3.00. The molecule has 0 radical (unpaired) electrons. The molecular formula is C10H18N2OS. The van der Waals surface area contributed by atoms with Crippen molar-refractivity contribution in [3.8, 4) is 0 Å². The summed E-state index contributed by atoms with van der Waals surface area (Å²) < 4.78 is 0. The SMILES string of the molecule is O=C(CN1CCSCC1)NCC1CC1. The molecule has 1 aliphatic heterocycles. The third kappa shape index (κ3) is 3.50. The second-order valence-electron chi connectivity index (χ2n) is 4.14. The molecule has 0 aromatic heterocycles. The Kier molecular flexibility index (Phi) is 3.70. The largest absolute Gasteiger partial charge is 0.355 e. The molecule has 1 amide bonds. The van der Waals surface area contributed by atoms with Gasteiger partial charge in [-0.15, -0.1) is 0 Å². The molecule has 14 heavy (non-hydrogen) atoms. The topological polar surface area (TPSA) is 32.3 Å². The molecule has 0 aromatic rings. The Morgan fingerprint density at radius 3 is 2.71 bits per heavy atom. The normalized spacial score (nSPS) is 23.4. The van der Waals surface area contributed by atoms with Gasteiger partial charge in [0.2, 0.25) is 5.91 Å². The average molecular weight is 214 g/mol. The van der Waals surface area contributed by atoms with Crippen molar-refractivity contribution < 1.29 is 4.79 Å². The van der Waals surface area contributed by atoms with Crippen LogP contribution >= 0.6 is 11.8 Å². The van der Waals surface area contributed by atoms with Gasteiger partial charge in [-0.2, -0.15) is 11.8 Å². The van der Waals surface area contributed by atoms with Gasteiger partial charge in [0.15, 0.2) is 0 Å². The Morgan fingerprint density at radius 2 is 2.07 bits per heavy atom. The predicted molar refractivity (Wildman–Crippen MR) is 59.5 cm³/mol. The van der Waals surface area contributed by atoms with Crippen LogP contribution in [0.4, 0.5) is 0 Å². The van der Waals surface area contributed by atoms with Gasteiger partial charge in [0, 0.05) is 31.1 Å². The zero-order valence-electron chi connectivity index (χ0n) is 8.50. The highest BCUT2D eigenvalue weighted by molar-refractivity contribution is 7.99. The number of hydrogen-bond acceptors (Lipinski definition) is 3. The molecule has 0 atom stereocenters. The Balaban J connectivity index is 1.59. The Morgan fingerprint density at radius 1 is 1.36 bits per heavy atom. The number of amides is 1. The minimum Gasteiger partial charge on any atom is -0.355 e. The van der Waals surface area contributed by atoms with Gasteiger partial charge in [-0.25, -0.2) is 0 Å². The lowest BCUT2D eigenvalue weighted by Gasteiger charge is -2.25. The molecular weight excluding hydrogens is 196 g/mol. The lowest BCUT2D eigenvalue weighted by atomic mass is 10.4. The van der Waals surface area contributed by atoms with Crippen LogP contribution in [0, 0.1) is 5.92 Å². The van der Waals surface area contributed by atoms with Crippen molar-refractivity contribution in [2.24, 2.45) is 5.92 Å². The molecule has 0 bridgehead atoms. The first-order valence-corrected chi connectivity index (χ1v) is 6.57. The van der Waals surface area contributed by atoms with E-state index < -0.39 is 0 Å². The summed E-state index contributed by atoms with van der Waals surface area (Å²) in [6.07, 6.45) is 2.61. The van der Waals surface area contributed by atoms with Gasteiger partial charge in [0.05, 0.1) is 6.54 Å². The highest BCUT2D eigenvalue weighted by atomic mass is 32.2. The van der Waals surface area contributed by atoms with E-state index in [1.165, 1.54) is 24.3 Å². The van der Waals surface area contributed by atoms with Crippen molar-refractivity contribution >= 4 is 17.7 Å². The van der Waals surface area contributed by atoms with E-state index in [4.69, 9.17) is 0 Å². The molecule has 0 spiro atoms. The van der Waals surface area contributed by atoms with Crippen LogP contribution in [0.15, 0.2) is 0 Å². The third-order valence-corrected chi connectivity index (χ3v) is 3.70. The molecule has 1 saturated carbocycles. The van der Waals surface area contributed by atoms with E-state index in [9.17, 15) is 4.79 Å². The monoisotopic (exact) mass is 214 g/mol. The summed E-state index contributed by atoms with van der Waals surface area (Å²) in [6.45, 7) is 3.65. The van der Waals surface area contributed by atoms with Crippen LogP contribution in [0.3, 0.4) is 0 Å². The number of thioether (sulfide) groups is 1. The second kappa shape index (κ2) is 5.03. The molecule has 1 heterocycles. The highest BCUT2D eigenvalue weighted by Crippen LogP contribution is 2.27. The number of carbonyl (C=O) groups excluding carboxylic acids is 1. The highest BCUT2D eigenvalue weighted by Gasteiger charge is 2.22. The van der Waals surface area contributed by atoms with Gasteiger partial charge in [-0.3, -0.25) is 9.69 Å². The summed E-state index contributed by atoms with van der Waals surface area (Å²) in [5, 5.41) is 3.00. The number of hydrogen-bond donors (Lipinski definition) is 1. The fraction of sp³-hybridized carbons (Fsp3) is 0.900. The molecule has 2 rings (SSSR count). The van der Waals surface area contributed by atoms with Crippen LogP contribution in [-0.4, -0.2) is 48.5 Å². The van der Waals surface area contributed by atoms with Crippen molar-refractivity contribution in [1.29, 1.82) is 0 Å². The van der Waals surface area contributed by atoms with Crippen molar-refractivity contribution in [2.75, 3.05) is 37.7 Å². The molecule has 3 nitrogen and oxygen atoms in total. The van der Waals surface area contributed by atoms with Crippen LogP contribution < -0.4 is 5.32 Å². The number of carbonyl (C=O) groups is 1. The lowest BCUT2D eigenvalue weighted by Crippen LogP contribution is -2.41. The van der Waals surface area contributed by atoms with Crippen LogP contribution in [0.1, 0.15) is 12.8 Å². The number of nitrogens with one attached hydrogen (secondary N) is 1. The fourth-order valence-corrected chi connectivity index (χ4v) is 2.58. The summed E-state index contributed by atoms with van der Waals surface area (Å²) in [4.78, 5) is 13.7. The second-order valence-corrected chi connectivity index (χ2v) is 5.36. The van der Waals surface area contributed by atoms with Gasteiger partial charge < -0.3 is 5.32 Å². The zero-order chi connectivity index (χ0) is 9.80. The molecule has 1 saturated heterocycles. The van der Waals surface area contributed by atoms with E-state index in [-0.39, 0.29) is 5.91 Å². The molecule has 1 N–H and O–H groups in total. The lowest BCUT2D eigenvalue weighted by molar-refractivity contribution is -0.122. The first kappa shape index (κ1) is 10.3. The van der Waals surface area contributed by atoms with Crippen molar-refractivity contribution in [3.05, 3.63) is 0 Å². The third-order valence-electron chi connectivity index (χ3n) is 2.76. The van der Waals surface area contributed by atoms with Crippen LogP contribution in [0.25, 0.3) is 0 Å². The molecule has 4 heteroatoms. The first-order chi connectivity index (χ1) is 6.84. The van der Waals surface area contributed by atoms with Gasteiger partial charge >= 0.3 is 0 Å². The van der Waals surface area contributed by atoms with Crippen molar-refractivity contribution in [2.45, 2.75) is 12.8 Å². The number of rotatable bonds is 4. The minimum absolute atomic E-state index is 0.212. The standard InChI is InChI=1S/C10H18N2OS/c13-10(11-7-9-1-2-9)8-12-3-5-14-6-4-12/h9H,1-8H2,(H,11,13). The maximum atomic E-state index is 11.5. The smallest absolute Gasteiger partial charge is 0.234 e. The van der Waals surface area contributed by atoms with E-state index in [2.05, 4.69) is 10.2 Å². The summed E-state index contributed by atoms with van der Waals surface area (Å²) in [5.74, 6) is 3.35. The van der Waals surface area contributed by atoms with Gasteiger partial charge in [0.1, 0.15) is 0 Å². The van der Waals surface area contributed by atoms with E-state index in [0.29, 0.717) is 6.54 Å². The van der Waals surface area contributed by atoms with Crippen LogP contribution in [0.5, 0.6) is 0 Å². The zero-order valence-corrected chi connectivity index (χ0v) is 9.31. The quantitative estimate of drug-likeness (QED) is 0.742. The van der Waals surface area contributed by atoms with E-state index >= 15 is 0 Å². The van der Waals surface area contributed by atoms with E-state index in [0.717, 1.165) is 25.6 Å². The molecule has 1 aliphatic carbocycles. The Labute approximate surface area is 89.6 Å². The molecule has 80 valence electrons. The molecule has 0 aromatic carbocycles. The van der Waals surface area contributed by atoms with E-state index in [1.54, 1.807) is 0 Å². The van der Waals surface area contributed by atoms with Gasteiger partial charge in [-0.1, -0.05) is 0 Å². The molecule has 2 aliphatic rings. The first-order valence-electron chi connectivity index (χ1n) is 5.41.